The van der Waals surface area contributed by atoms with E-state index in [0.29, 0.717) is 36.7 Å². The van der Waals surface area contributed by atoms with Gasteiger partial charge in [0.05, 0.1) is 17.7 Å². The number of benzene rings is 1. The molecule has 3 rings (SSSR count). The Balaban J connectivity index is 1.38. The number of fused-ring (bicyclic) bond motifs is 1. The number of unbranched alkanes of at least 4 members (excludes halogenated alkanes) is 1. The summed E-state index contributed by atoms with van der Waals surface area (Å²) in [4.78, 5) is 34.2. The standard InChI is InChI=1S/C18H23N7O2/c1-19-18(21-11-15-22-12-23-24(15)2)20-9-5-6-10-25-16(26)13-7-3-4-8-14(13)17(25)27/h3-4,7-8,12H,5-6,9-11H2,1-2H3,(H2,19,20,21). The molecule has 0 unspecified atom stereocenters. The molecule has 0 radical (unpaired) electrons. The molecule has 1 aromatic carbocycles. The molecule has 0 saturated carbocycles. The molecule has 1 aliphatic rings. The van der Waals surface area contributed by atoms with Gasteiger partial charge in [0.2, 0.25) is 0 Å². The maximum absolute atomic E-state index is 12.3. The van der Waals surface area contributed by atoms with Gasteiger partial charge in [0.15, 0.2) is 5.96 Å². The highest BCUT2D eigenvalue weighted by Gasteiger charge is 2.34. The normalized spacial score (nSPS) is 13.9. The first-order valence-corrected chi connectivity index (χ1v) is 8.84. The molecule has 142 valence electrons. The number of rotatable bonds is 7. The number of nitrogens with zero attached hydrogens (tertiary/aromatic N) is 5. The molecule has 0 spiro atoms. The van der Waals surface area contributed by atoms with Crippen LogP contribution in [0.15, 0.2) is 35.6 Å². The summed E-state index contributed by atoms with van der Waals surface area (Å²) in [5, 5.41) is 10.4. The van der Waals surface area contributed by atoms with Crippen molar-refractivity contribution in [3.63, 3.8) is 0 Å². The van der Waals surface area contributed by atoms with Gasteiger partial charge in [-0.1, -0.05) is 12.1 Å². The van der Waals surface area contributed by atoms with Crippen LogP contribution in [0.5, 0.6) is 0 Å². The molecule has 0 atom stereocenters. The molecule has 0 bridgehead atoms. The van der Waals surface area contributed by atoms with Crippen LogP contribution in [0.4, 0.5) is 0 Å². The Morgan fingerprint density at radius 3 is 2.41 bits per heavy atom. The minimum absolute atomic E-state index is 0.204. The molecule has 1 aliphatic heterocycles. The summed E-state index contributed by atoms with van der Waals surface area (Å²) in [5.41, 5.74) is 0.989. The molecule has 1 aromatic heterocycles. The lowest BCUT2D eigenvalue weighted by Gasteiger charge is -2.14. The topological polar surface area (TPSA) is 105 Å². The fourth-order valence-electron chi connectivity index (χ4n) is 2.91. The lowest BCUT2D eigenvalue weighted by Crippen LogP contribution is -2.38. The highest BCUT2D eigenvalue weighted by molar-refractivity contribution is 6.21. The van der Waals surface area contributed by atoms with Crippen molar-refractivity contribution >= 4 is 17.8 Å². The van der Waals surface area contributed by atoms with Crippen LogP contribution < -0.4 is 10.6 Å². The average Bonchev–Trinajstić information content (AvgIpc) is 3.20. The maximum atomic E-state index is 12.3. The number of carbonyl (C=O) groups excluding carboxylic acids is 2. The van der Waals surface area contributed by atoms with Crippen LogP contribution in [-0.4, -0.2) is 57.6 Å². The number of imide groups is 1. The van der Waals surface area contributed by atoms with Gasteiger partial charge >= 0.3 is 0 Å². The van der Waals surface area contributed by atoms with Crippen LogP contribution in [0.25, 0.3) is 0 Å². The number of aliphatic imine (C=N–C) groups is 1. The Hall–Kier alpha value is -3.23. The summed E-state index contributed by atoms with van der Waals surface area (Å²) in [6, 6.07) is 6.95. The summed E-state index contributed by atoms with van der Waals surface area (Å²) >= 11 is 0. The van der Waals surface area contributed by atoms with Gasteiger partial charge in [-0.2, -0.15) is 5.10 Å². The van der Waals surface area contributed by atoms with Gasteiger partial charge < -0.3 is 10.6 Å². The van der Waals surface area contributed by atoms with Crippen LogP contribution in [0.3, 0.4) is 0 Å². The van der Waals surface area contributed by atoms with Gasteiger partial charge in [-0.15, -0.1) is 0 Å². The van der Waals surface area contributed by atoms with E-state index in [9.17, 15) is 9.59 Å². The first-order chi connectivity index (χ1) is 13.1. The van der Waals surface area contributed by atoms with Crippen molar-refractivity contribution in [2.45, 2.75) is 19.4 Å². The predicted octanol–water partition coefficient (Wildman–Crippen LogP) is 0.557. The first kappa shape index (κ1) is 18.6. The molecular weight excluding hydrogens is 346 g/mol. The molecule has 27 heavy (non-hydrogen) atoms. The van der Waals surface area contributed by atoms with Crippen LogP contribution >= 0.6 is 0 Å². The second-order valence-corrected chi connectivity index (χ2v) is 6.17. The molecule has 9 nitrogen and oxygen atoms in total. The van der Waals surface area contributed by atoms with Crippen molar-refractivity contribution in [1.82, 2.24) is 30.3 Å². The molecule has 2 amide bonds. The monoisotopic (exact) mass is 369 g/mol. The second kappa shape index (κ2) is 8.43. The van der Waals surface area contributed by atoms with Crippen molar-refractivity contribution in [1.29, 1.82) is 0 Å². The van der Waals surface area contributed by atoms with E-state index in [-0.39, 0.29) is 11.8 Å². The minimum Gasteiger partial charge on any atom is -0.356 e. The van der Waals surface area contributed by atoms with Crippen molar-refractivity contribution in [2.75, 3.05) is 20.1 Å². The van der Waals surface area contributed by atoms with E-state index in [4.69, 9.17) is 0 Å². The van der Waals surface area contributed by atoms with Crippen LogP contribution in [0.1, 0.15) is 39.4 Å². The molecule has 0 aliphatic carbocycles. The SMILES string of the molecule is CN=C(NCCCCN1C(=O)c2ccccc2C1=O)NCc1ncnn1C. The number of aryl methyl sites for hydroxylation is 1. The van der Waals surface area contributed by atoms with Gasteiger partial charge in [-0.25, -0.2) is 4.98 Å². The van der Waals surface area contributed by atoms with Crippen LogP contribution in [0.2, 0.25) is 0 Å². The fraction of sp³-hybridized carbons (Fsp3) is 0.389. The van der Waals surface area contributed by atoms with E-state index in [1.807, 2.05) is 7.05 Å². The summed E-state index contributed by atoms with van der Waals surface area (Å²) in [7, 11) is 3.53. The van der Waals surface area contributed by atoms with Crippen LogP contribution in [-0.2, 0) is 13.6 Å². The predicted molar refractivity (Wildman–Crippen MR) is 100 cm³/mol. The Labute approximate surface area is 157 Å². The van der Waals surface area contributed by atoms with Crippen molar-refractivity contribution in [3.8, 4) is 0 Å². The number of hydrogen-bond donors (Lipinski definition) is 2. The Bertz CT molecular complexity index is 824. The van der Waals surface area contributed by atoms with Crippen molar-refractivity contribution in [2.24, 2.45) is 12.0 Å². The van der Waals surface area contributed by atoms with E-state index in [1.165, 1.54) is 11.2 Å². The van der Waals surface area contributed by atoms with E-state index in [2.05, 4.69) is 25.7 Å². The van der Waals surface area contributed by atoms with E-state index < -0.39 is 0 Å². The molecule has 2 N–H and O–H groups in total. The minimum atomic E-state index is -0.204. The average molecular weight is 369 g/mol. The van der Waals surface area contributed by atoms with Crippen molar-refractivity contribution in [3.05, 3.63) is 47.5 Å². The van der Waals surface area contributed by atoms with Gasteiger partial charge in [-0.05, 0) is 25.0 Å². The molecule has 9 heteroatoms. The highest BCUT2D eigenvalue weighted by Crippen LogP contribution is 2.22. The zero-order chi connectivity index (χ0) is 19.2. The Morgan fingerprint density at radius 1 is 1.11 bits per heavy atom. The van der Waals surface area contributed by atoms with E-state index in [1.54, 1.807) is 36.0 Å². The summed E-state index contributed by atoms with van der Waals surface area (Å²) < 4.78 is 1.70. The molecular formula is C18H23N7O2. The number of guanidine groups is 1. The highest BCUT2D eigenvalue weighted by atomic mass is 16.2. The fourth-order valence-corrected chi connectivity index (χ4v) is 2.91. The number of nitrogens with one attached hydrogen (secondary N) is 2. The van der Waals surface area contributed by atoms with Gasteiger partial charge in [-0.3, -0.25) is 24.2 Å². The van der Waals surface area contributed by atoms with E-state index >= 15 is 0 Å². The van der Waals surface area contributed by atoms with Gasteiger partial charge in [0, 0.05) is 27.2 Å². The zero-order valence-corrected chi connectivity index (χ0v) is 15.5. The summed E-state index contributed by atoms with van der Waals surface area (Å²) in [5.74, 6) is 1.07. The lowest BCUT2D eigenvalue weighted by atomic mass is 10.1. The summed E-state index contributed by atoms with van der Waals surface area (Å²) in [6.07, 6.45) is 3.03. The van der Waals surface area contributed by atoms with Crippen molar-refractivity contribution < 1.29 is 9.59 Å². The number of amides is 2. The third kappa shape index (κ3) is 4.13. The van der Waals surface area contributed by atoms with Gasteiger partial charge in [0.1, 0.15) is 12.2 Å². The molecule has 0 fully saturated rings. The first-order valence-electron chi connectivity index (χ1n) is 8.84. The maximum Gasteiger partial charge on any atom is 0.261 e. The zero-order valence-electron chi connectivity index (χ0n) is 15.5. The summed E-state index contributed by atoms with van der Waals surface area (Å²) in [6.45, 7) is 1.62. The van der Waals surface area contributed by atoms with E-state index in [0.717, 1.165) is 18.7 Å². The Morgan fingerprint density at radius 2 is 1.81 bits per heavy atom. The lowest BCUT2D eigenvalue weighted by molar-refractivity contribution is 0.0652. The molecule has 2 aromatic rings. The number of aromatic nitrogens is 3. The van der Waals surface area contributed by atoms with Crippen LogP contribution in [0, 0.1) is 0 Å². The largest absolute Gasteiger partial charge is 0.356 e. The second-order valence-electron chi connectivity index (χ2n) is 6.17. The third-order valence-corrected chi connectivity index (χ3v) is 4.42. The number of carbonyl (C=O) groups is 2. The molecule has 2 heterocycles. The quantitative estimate of drug-likeness (QED) is 0.320. The number of hydrogen-bond acceptors (Lipinski definition) is 5. The third-order valence-electron chi connectivity index (χ3n) is 4.42. The molecule has 0 saturated heterocycles. The van der Waals surface area contributed by atoms with Gasteiger partial charge in [0.25, 0.3) is 11.8 Å². The smallest absolute Gasteiger partial charge is 0.261 e. The Kier molecular flexibility index (Phi) is 5.80.